The number of aryl methyl sites for hydroxylation is 1. The number of aromatic nitrogens is 1. The second kappa shape index (κ2) is 12.7. The minimum atomic E-state index is -3.62. The van der Waals surface area contributed by atoms with Crippen LogP contribution in [-0.4, -0.2) is 44.5 Å². The third kappa shape index (κ3) is 6.52. The molecule has 0 radical (unpaired) electrons. The predicted octanol–water partition coefficient (Wildman–Crippen LogP) is 6.68. The molecule has 0 saturated carbocycles. The van der Waals surface area contributed by atoms with Crippen LogP contribution in [0.5, 0.6) is 5.75 Å². The number of sulfone groups is 1. The van der Waals surface area contributed by atoms with E-state index in [0.29, 0.717) is 35.7 Å². The summed E-state index contributed by atoms with van der Waals surface area (Å²) >= 11 is 0. The lowest BCUT2D eigenvalue weighted by molar-refractivity contribution is 0.0127. The molecule has 0 fully saturated rings. The topological polar surface area (TPSA) is 79.7 Å². The zero-order valence-corrected chi connectivity index (χ0v) is 25.4. The van der Waals surface area contributed by atoms with Crippen molar-refractivity contribution in [1.29, 1.82) is 0 Å². The first-order chi connectivity index (χ1) is 19.1. The van der Waals surface area contributed by atoms with E-state index in [1.165, 1.54) is 0 Å². The first-order valence-corrected chi connectivity index (χ1v) is 16.1. The summed E-state index contributed by atoms with van der Waals surface area (Å²) in [4.78, 5) is 6.81. The molecular formula is C33H44N2O4S. The van der Waals surface area contributed by atoms with Crippen LogP contribution in [0.25, 0.3) is 0 Å². The van der Waals surface area contributed by atoms with Gasteiger partial charge in [-0.15, -0.1) is 0 Å². The number of hydrogen-bond acceptors (Lipinski definition) is 6. The van der Waals surface area contributed by atoms with Gasteiger partial charge in [-0.1, -0.05) is 57.7 Å². The van der Waals surface area contributed by atoms with Crippen molar-refractivity contribution in [3.63, 3.8) is 0 Å². The third-order valence-electron chi connectivity index (χ3n) is 8.23. The molecule has 2 heterocycles. The summed E-state index contributed by atoms with van der Waals surface area (Å²) in [7, 11) is 0.265. The fraction of sp³-hybridized carbons (Fsp3) is 0.485. The van der Waals surface area contributed by atoms with Gasteiger partial charge in [0.1, 0.15) is 12.4 Å². The highest BCUT2D eigenvalue weighted by Crippen LogP contribution is 2.50. The van der Waals surface area contributed by atoms with E-state index < -0.39 is 27.3 Å². The Bertz CT molecular complexity index is 1380. The van der Waals surface area contributed by atoms with Gasteiger partial charge in [-0.2, -0.15) is 0 Å². The van der Waals surface area contributed by atoms with Crippen LogP contribution in [0.2, 0.25) is 0 Å². The lowest BCUT2D eigenvalue weighted by Gasteiger charge is -2.40. The van der Waals surface area contributed by atoms with Gasteiger partial charge in [0.15, 0.2) is 9.84 Å². The molecule has 40 heavy (non-hydrogen) atoms. The summed E-state index contributed by atoms with van der Waals surface area (Å²) < 4.78 is 34.0. The van der Waals surface area contributed by atoms with Gasteiger partial charge in [-0.05, 0) is 73.4 Å². The van der Waals surface area contributed by atoms with Gasteiger partial charge in [-0.3, -0.25) is 4.98 Å². The first kappa shape index (κ1) is 30.1. The summed E-state index contributed by atoms with van der Waals surface area (Å²) in [5.74, 6) is 0.193. The average molecular weight is 565 g/mol. The highest BCUT2D eigenvalue weighted by molar-refractivity contribution is 7.91. The molecule has 7 heteroatoms. The molecule has 0 bridgehead atoms. The largest absolute Gasteiger partial charge is 0.487 e. The Hall–Kier alpha value is -2.90. The zero-order chi connectivity index (χ0) is 28.9. The molecule has 1 N–H and O–H groups in total. The molecule has 0 amide bonds. The Morgan fingerprint density at radius 3 is 2.27 bits per heavy atom. The molecule has 216 valence electrons. The number of aliphatic hydroxyl groups is 1. The van der Waals surface area contributed by atoms with Gasteiger partial charge in [0, 0.05) is 36.8 Å². The van der Waals surface area contributed by atoms with Crippen LogP contribution in [0.15, 0.2) is 65.6 Å². The molecule has 0 unspecified atom stereocenters. The molecule has 0 saturated heterocycles. The number of nitrogens with zero attached hydrogens (tertiary/aromatic N) is 2. The van der Waals surface area contributed by atoms with Crippen LogP contribution in [0.3, 0.4) is 0 Å². The third-order valence-corrected chi connectivity index (χ3v) is 10.2. The normalized spacial score (nSPS) is 19.4. The van der Waals surface area contributed by atoms with E-state index in [1.807, 2.05) is 80.5 Å². The van der Waals surface area contributed by atoms with Crippen molar-refractivity contribution < 1.29 is 18.3 Å². The number of unbranched alkanes of at least 4 members (excludes halogenated alkanes) is 2. The summed E-state index contributed by atoms with van der Waals surface area (Å²) in [5.41, 5.74) is 3.55. The number of anilines is 1. The van der Waals surface area contributed by atoms with Crippen LogP contribution < -0.4 is 9.64 Å². The first-order valence-electron chi connectivity index (χ1n) is 14.5. The van der Waals surface area contributed by atoms with Crippen molar-refractivity contribution in [2.75, 3.05) is 24.7 Å². The number of pyridine rings is 1. The predicted molar refractivity (Wildman–Crippen MR) is 162 cm³/mol. The lowest BCUT2D eigenvalue weighted by atomic mass is 9.68. The van der Waals surface area contributed by atoms with Crippen molar-refractivity contribution >= 4 is 15.5 Å². The van der Waals surface area contributed by atoms with Crippen molar-refractivity contribution in [3.05, 3.63) is 83.2 Å². The Morgan fingerprint density at radius 1 is 1.00 bits per heavy atom. The maximum atomic E-state index is 14.0. The van der Waals surface area contributed by atoms with E-state index in [0.717, 1.165) is 48.3 Å². The minimum Gasteiger partial charge on any atom is -0.487 e. The summed E-state index contributed by atoms with van der Waals surface area (Å²) in [5, 5.41) is 12.3. The fourth-order valence-electron chi connectivity index (χ4n) is 6.00. The van der Waals surface area contributed by atoms with Crippen molar-refractivity contribution in [3.8, 4) is 5.75 Å². The van der Waals surface area contributed by atoms with E-state index >= 15 is 0 Å². The number of aliphatic hydroxyl groups excluding tert-OH is 1. The quantitative estimate of drug-likeness (QED) is 0.280. The highest BCUT2D eigenvalue weighted by Gasteiger charge is 2.49. The number of rotatable bonds is 11. The number of ether oxygens (including phenoxy) is 1. The molecule has 2 atom stereocenters. The van der Waals surface area contributed by atoms with Gasteiger partial charge < -0.3 is 14.7 Å². The van der Waals surface area contributed by atoms with E-state index in [9.17, 15) is 13.5 Å². The zero-order valence-electron chi connectivity index (χ0n) is 24.6. The van der Waals surface area contributed by atoms with E-state index in [1.54, 1.807) is 6.07 Å². The molecule has 4 rings (SSSR count). The van der Waals surface area contributed by atoms with Crippen molar-refractivity contribution in [2.24, 2.45) is 5.41 Å². The second-order valence-electron chi connectivity index (χ2n) is 11.5. The molecule has 0 aliphatic carbocycles. The second-order valence-corrected chi connectivity index (χ2v) is 13.5. The summed E-state index contributed by atoms with van der Waals surface area (Å²) in [6.07, 6.45) is 4.17. The lowest BCUT2D eigenvalue weighted by Crippen LogP contribution is -2.43. The van der Waals surface area contributed by atoms with Crippen LogP contribution in [0.4, 0.5) is 5.69 Å². The minimum absolute atomic E-state index is 0.0311. The smallest absolute Gasteiger partial charge is 0.179 e. The molecule has 1 aliphatic rings. The van der Waals surface area contributed by atoms with Gasteiger partial charge >= 0.3 is 0 Å². The molecule has 2 aromatic carbocycles. The molecule has 3 aromatic rings. The van der Waals surface area contributed by atoms with Crippen LogP contribution in [0, 0.1) is 12.3 Å². The average Bonchev–Trinajstić information content (AvgIpc) is 3.00. The van der Waals surface area contributed by atoms with Gasteiger partial charge in [0.05, 0.1) is 22.4 Å². The fourth-order valence-corrected chi connectivity index (χ4v) is 8.19. The van der Waals surface area contributed by atoms with Crippen molar-refractivity contribution in [2.45, 2.75) is 82.8 Å². The molecule has 1 aromatic heterocycles. The Labute approximate surface area is 240 Å². The van der Waals surface area contributed by atoms with Crippen LogP contribution in [0.1, 0.15) is 80.8 Å². The summed E-state index contributed by atoms with van der Waals surface area (Å²) in [6, 6.07) is 19.2. The number of benzene rings is 2. The van der Waals surface area contributed by atoms with Crippen LogP contribution >= 0.6 is 0 Å². The molecular weight excluding hydrogens is 520 g/mol. The number of hydrogen-bond donors (Lipinski definition) is 1. The van der Waals surface area contributed by atoms with Crippen LogP contribution in [-0.2, 0) is 16.4 Å². The molecule has 6 nitrogen and oxygen atoms in total. The van der Waals surface area contributed by atoms with E-state index in [4.69, 9.17) is 4.74 Å². The molecule has 1 aliphatic heterocycles. The Kier molecular flexibility index (Phi) is 9.57. The van der Waals surface area contributed by atoms with E-state index in [2.05, 4.69) is 18.8 Å². The maximum absolute atomic E-state index is 14.0. The standard InChI is InChI=1S/C33H44N2O4S/c1-6-8-19-33(20-9-7-2)23-40(37,38)30-18-15-27(35(4)5)21-29(30)31(32(33)36)25-13-16-28(17-14-25)39-22-26-12-10-11-24(3)34-26/h10-18,21,31-32,36H,6-9,19-20,22-23H2,1-5H3/t31-,32-/m1/s1. The maximum Gasteiger partial charge on any atom is 0.179 e. The van der Waals surface area contributed by atoms with Gasteiger partial charge in [0.25, 0.3) is 0 Å². The van der Waals surface area contributed by atoms with E-state index in [-0.39, 0.29) is 5.75 Å². The Balaban J connectivity index is 1.79. The van der Waals surface area contributed by atoms with Crippen molar-refractivity contribution in [1.82, 2.24) is 4.98 Å². The summed E-state index contributed by atoms with van der Waals surface area (Å²) in [6.45, 7) is 6.55. The number of fused-ring (bicyclic) bond motifs is 1. The van der Waals surface area contributed by atoms with Gasteiger partial charge in [0.2, 0.25) is 0 Å². The Morgan fingerprint density at radius 2 is 1.68 bits per heavy atom. The van der Waals surface area contributed by atoms with Gasteiger partial charge in [-0.25, -0.2) is 8.42 Å². The molecule has 0 spiro atoms. The monoisotopic (exact) mass is 564 g/mol. The highest BCUT2D eigenvalue weighted by atomic mass is 32.2. The SMILES string of the molecule is CCCCC1(CCCC)CS(=O)(=O)c2ccc(N(C)C)cc2[C@@H](c2ccc(OCc3cccc(C)n3)cc2)[C@H]1O.